The summed E-state index contributed by atoms with van der Waals surface area (Å²) in [5, 5.41) is 11.4. The van der Waals surface area contributed by atoms with Crippen LogP contribution in [0.15, 0.2) is 14.6 Å². The van der Waals surface area contributed by atoms with Crippen LogP contribution in [0.2, 0.25) is 0 Å². The van der Waals surface area contributed by atoms with Crippen LogP contribution in [0.5, 0.6) is 0 Å². The zero-order valence-corrected chi connectivity index (χ0v) is 17.3. The highest BCUT2D eigenvalue weighted by Gasteiger charge is 2.25. The van der Waals surface area contributed by atoms with Crippen molar-refractivity contribution in [1.29, 1.82) is 0 Å². The Hall–Kier alpha value is -2.16. The van der Waals surface area contributed by atoms with Crippen molar-refractivity contribution in [2.45, 2.75) is 68.1 Å². The summed E-state index contributed by atoms with van der Waals surface area (Å²) >= 11 is 1.03. The molecule has 8 nitrogen and oxygen atoms in total. The number of hydrogen-bond donors (Lipinski definition) is 0. The third-order valence-corrected chi connectivity index (χ3v) is 6.57. The van der Waals surface area contributed by atoms with Crippen LogP contribution < -0.4 is 16.4 Å². The monoisotopic (exact) mass is 405 g/mol. The predicted molar refractivity (Wildman–Crippen MR) is 105 cm³/mol. The average molecular weight is 406 g/mol. The van der Waals surface area contributed by atoms with Gasteiger partial charge in [-0.2, -0.15) is 0 Å². The van der Waals surface area contributed by atoms with Crippen molar-refractivity contribution in [3.8, 4) is 0 Å². The van der Waals surface area contributed by atoms with Gasteiger partial charge in [-0.25, -0.2) is 14.8 Å². The summed E-state index contributed by atoms with van der Waals surface area (Å²) < 4.78 is 2.34. The Bertz CT molecular complexity index is 1010. The number of unbranched alkanes of at least 4 members (excludes halogenated alkanes) is 1. The summed E-state index contributed by atoms with van der Waals surface area (Å²) in [5.74, 6) is -0.419. The molecule has 1 aliphatic rings. The van der Waals surface area contributed by atoms with Crippen molar-refractivity contribution in [2.24, 2.45) is 14.1 Å². The van der Waals surface area contributed by atoms with Crippen molar-refractivity contribution in [1.82, 2.24) is 19.1 Å². The van der Waals surface area contributed by atoms with Gasteiger partial charge in [0.05, 0.1) is 11.2 Å². The van der Waals surface area contributed by atoms with Crippen LogP contribution in [-0.4, -0.2) is 30.3 Å². The number of fused-ring (bicyclic) bond motifs is 1. The third kappa shape index (κ3) is 3.85. The van der Waals surface area contributed by atoms with Crippen molar-refractivity contribution in [2.75, 3.05) is 0 Å². The molecule has 152 valence electrons. The van der Waals surface area contributed by atoms with E-state index in [0.29, 0.717) is 17.3 Å². The Kier molecular flexibility index (Phi) is 6.22. The van der Waals surface area contributed by atoms with Crippen LogP contribution in [0.1, 0.15) is 63.6 Å². The van der Waals surface area contributed by atoms with Gasteiger partial charge in [0.15, 0.2) is 5.65 Å². The van der Waals surface area contributed by atoms with E-state index in [1.165, 1.54) is 11.6 Å². The van der Waals surface area contributed by atoms with Crippen LogP contribution in [-0.2, 0) is 18.9 Å². The van der Waals surface area contributed by atoms with Gasteiger partial charge in [0.25, 0.3) is 5.56 Å². The summed E-state index contributed by atoms with van der Waals surface area (Å²) in [6.07, 6.45) is 6.10. The first-order valence-corrected chi connectivity index (χ1v) is 10.6. The minimum absolute atomic E-state index is 0.167. The quantitative estimate of drug-likeness (QED) is 0.501. The first kappa shape index (κ1) is 20.6. The van der Waals surface area contributed by atoms with Gasteiger partial charge in [0.1, 0.15) is 16.2 Å². The number of aromatic nitrogens is 4. The van der Waals surface area contributed by atoms with E-state index in [9.17, 15) is 19.5 Å². The Balaban J connectivity index is 2.21. The summed E-state index contributed by atoms with van der Waals surface area (Å²) in [4.78, 5) is 46.0. The smallest absolute Gasteiger partial charge is 0.332 e. The number of carboxylic acid groups (broad SMARTS) is 1. The highest BCUT2D eigenvalue weighted by Crippen LogP contribution is 2.35. The molecule has 0 unspecified atom stereocenters. The van der Waals surface area contributed by atoms with E-state index in [-0.39, 0.29) is 17.0 Å². The molecule has 1 fully saturated rings. The molecule has 0 saturated heterocycles. The molecule has 0 radical (unpaired) electrons. The van der Waals surface area contributed by atoms with E-state index >= 15 is 0 Å². The molecule has 1 aliphatic carbocycles. The maximum absolute atomic E-state index is 12.8. The minimum Gasteiger partial charge on any atom is -0.549 e. The second kappa shape index (κ2) is 8.46. The van der Waals surface area contributed by atoms with Crippen molar-refractivity contribution >= 4 is 28.8 Å². The molecule has 2 heterocycles. The van der Waals surface area contributed by atoms with Crippen LogP contribution >= 0.6 is 11.8 Å². The standard InChI is InChI=1S/C19H26N4O4S/c1-4-5-10-12(18(25)26)28-16-13-15(22(2)19(27)23(3)17(13)24)20-14(21-16)11-8-6-7-9-11/h11-12H,4-10H2,1-3H3,(H,25,26)/p-1/t12-/m1/s1. The number of carbonyl (C=O) groups is 1. The fourth-order valence-corrected chi connectivity index (χ4v) is 4.74. The highest BCUT2D eigenvalue weighted by atomic mass is 32.2. The van der Waals surface area contributed by atoms with Gasteiger partial charge >= 0.3 is 5.69 Å². The molecular formula is C19H25N4O4S-. The lowest BCUT2D eigenvalue weighted by atomic mass is 10.1. The van der Waals surface area contributed by atoms with Gasteiger partial charge in [0.2, 0.25) is 0 Å². The van der Waals surface area contributed by atoms with E-state index in [4.69, 9.17) is 0 Å². The zero-order chi connectivity index (χ0) is 20.4. The van der Waals surface area contributed by atoms with Gasteiger partial charge in [-0.05, 0) is 19.3 Å². The van der Waals surface area contributed by atoms with Gasteiger partial charge in [0, 0.05) is 20.0 Å². The Morgan fingerprint density at radius 3 is 2.50 bits per heavy atom. The van der Waals surface area contributed by atoms with Gasteiger partial charge in [-0.1, -0.05) is 44.4 Å². The number of thioether (sulfide) groups is 1. The molecule has 3 rings (SSSR count). The lowest BCUT2D eigenvalue weighted by Crippen LogP contribution is -2.38. The summed E-state index contributed by atoms with van der Waals surface area (Å²) in [5.41, 5.74) is -0.710. The second-order valence-electron chi connectivity index (χ2n) is 7.34. The summed E-state index contributed by atoms with van der Waals surface area (Å²) in [6, 6.07) is 0. The van der Waals surface area contributed by atoms with E-state index in [1.807, 2.05) is 6.92 Å². The molecule has 0 amide bonds. The van der Waals surface area contributed by atoms with Crippen molar-refractivity contribution in [3.05, 3.63) is 26.7 Å². The molecule has 28 heavy (non-hydrogen) atoms. The molecule has 0 N–H and O–H groups in total. The van der Waals surface area contributed by atoms with Crippen LogP contribution in [0.4, 0.5) is 0 Å². The number of carboxylic acids is 1. The van der Waals surface area contributed by atoms with Crippen molar-refractivity contribution in [3.63, 3.8) is 0 Å². The fraction of sp³-hybridized carbons (Fsp3) is 0.632. The zero-order valence-electron chi connectivity index (χ0n) is 16.4. The van der Waals surface area contributed by atoms with Crippen LogP contribution in [0.3, 0.4) is 0 Å². The van der Waals surface area contributed by atoms with E-state index in [2.05, 4.69) is 9.97 Å². The summed E-state index contributed by atoms with van der Waals surface area (Å²) in [6.45, 7) is 1.99. The topological polar surface area (TPSA) is 110 Å². The Morgan fingerprint density at radius 1 is 1.21 bits per heavy atom. The van der Waals surface area contributed by atoms with Gasteiger partial charge in [-0.3, -0.25) is 13.9 Å². The lowest BCUT2D eigenvalue weighted by molar-refractivity contribution is -0.304. The Morgan fingerprint density at radius 2 is 1.89 bits per heavy atom. The lowest BCUT2D eigenvalue weighted by Gasteiger charge is -2.19. The molecule has 9 heteroatoms. The molecule has 1 saturated carbocycles. The van der Waals surface area contributed by atoms with Crippen molar-refractivity contribution < 1.29 is 9.90 Å². The molecule has 0 aliphatic heterocycles. The Labute approximate surface area is 167 Å². The highest BCUT2D eigenvalue weighted by molar-refractivity contribution is 8.00. The van der Waals surface area contributed by atoms with Crippen LogP contribution in [0, 0.1) is 0 Å². The van der Waals surface area contributed by atoms with E-state index in [1.54, 1.807) is 7.05 Å². The molecule has 0 spiro atoms. The third-order valence-electron chi connectivity index (χ3n) is 5.34. The summed E-state index contributed by atoms with van der Waals surface area (Å²) in [7, 11) is 2.97. The second-order valence-corrected chi connectivity index (χ2v) is 8.53. The first-order valence-electron chi connectivity index (χ1n) is 9.70. The molecule has 0 aromatic carbocycles. The number of carbonyl (C=O) groups excluding carboxylic acids is 1. The molecule has 2 aromatic heterocycles. The van der Waals surface area contributed by atoms with E-state index in [0.717, 1.165) is 54.9 Å². The largest absolute Gasteiger partial charge is 0.549 e. The first-order chi connectivity index (χ1) is 13.3. The number of hydrogen-bond acceptors (Lipinski definition) is 7. The maximum Gasteiger partial charge on any atom is 0.332 e. The minimum atomic E-state index is -1.17. The average Bonchev–Trinajstić information content (AvgIpc) is 3.21. The maximum atomic E-state index is 12.8. The molecular weight excluding hydrogens is 380 g/mol. The number of aliphatic carboxylic acids is 1. The molecule has 1 atom stereocenters. The SMILES string of the molecule is CCCC[C@@H](Sc1nc(C2CCCC2)nc2c1c(=O)n(C)c(=O)n2C)C(=O)[O-]. The molecule has 2 aromatic rings. The van der Waals surface area contributed by atoms with Gasteiger partial charge in [-0.15, -0.1) is 0 Å². The molecule has 0 bridgehead atoms. The van der Waals surface area contributed by atoms with Crippen LogP contribution in [0.25, 0.3) is 11.0 Å². The van der Waals surface area contributed by atoms with E-state index < -0.39 is 22.5 Å². The predicted octanol–water partition coefficient (Wildman–Crippen LogP) is 1.09. The number of nitrogens with zero attached hydrogens (tertiary/aromatic N) is 4. The normalized spacial score (nSPS) is 16.0. The number of rotatable bonds is 7. The van der Waals surface area contributed by atoms with Gasteiger partial charge < -0.3 is 9.90 Å². The number of aryl methyl sites for hydroxylation is 1. The fourth-order valence-electron chi connectivity index (χ4n) is 3.65.